The first kappa shape index (κ1) is 28.2. The van der Waals surface area contributed by atoms with Crippen LogP contribution in [0.5, 0.6) is 5.75 Å². The van der Waals surface area contributed by atoms with Crippen LogP contribution in [0.2, 0.25) is 0 Å². The third-order valence-corrected chi connectivity index (χ3v) is 8.09. The largest absolute Gasteiger partial charge is 0.495 e. The molecule has 0 aromatic heterocycles. The van der Waals surface area contributed by atoms with Gasteiger partial charge in [0.25, 0.3) is 0 Å². The number of methoxy groups -OCH3 is 1. The standard InChI is InChI=1S/C33H37N3O5/c1-3-4-7-24(21-32(38)39)25-11-13-29-26(20-25)15-16-35(29)31(37)19-22-10-12-27(30(18-22)41-2)34-33(40)36-17-14-23-8-5-6-9-28(23)36/h5-6,8-13,18,20,24H,3-4,7,14-17,19,21H2,1-2H3,(H,34,40)(H,38,39). The second-order valence-corrected chi connectivity index (χ2v) is 10.8. The first-order valence-electron chi connectivity index (χ1n) is 14.4. The van der Waals surface area contributed by atoms with Crippen LogP contribution in [0.1, 0.15) is 60.8 Å². The molecule has 0 aliphatic carbocycles. The molecule has 0 saturated heterocycles. The minimum atomic E-state index is -0.786. The molecule has 0 radical (unpaired) electrons. The number of carbonyl (C=O) groups excluding carboxylic acids is 2. The molecule has 214 valence electrons. The van der Waals surface area contributed by atoms with Crippen LogP contribution >= 0.6 is 0 Å². The van der Waals surface area contributed by atoms with Crippen LogP contribution in [0.3, 0.4) is 0 Å². The predicted octanol–water partition coefficient (Wildman–Crippen LogP) is 6.17. The summed E-state index contributed by atoms with van der Waals surface area (Å²) in [7, 11) is 1.55. The number of nitrogens with zero attached hydrogens (tertiary/aromatic N) is 2. The average molecular weight is 556 g/mol. The topological polar surface area (TPSA) is 99.2 Å². The van der Waals surface area contributed by atoms with Crippen LogP contribution in [-0.4, -0.2) is 43.2 Å². The Morgan fingerprint density at radius 1 is 0.951 bits per heavy atom. The SMILES string of the molecule is CCCCC(CC(=O)O)c1ccc2c(c1)CCN2C(=O)Cc1ccc(NC(=O)N2CCc3ccccc32)c(OC)c1. The number of amides is 3. The second kappa shape index (κ2) is 12.5. The fraction of sp³-hybridized carbons (Fsp3) is 0.364. The van der Waals surface area contributed by atoms with E-state index in [0.29, 0.717) is 24.5 Å². The van der Waals surface area contributed by atoms with E-state index in [-0.39, 0.29) is 30.7 Å². The average Bonchev–Trinajstić information content (AvgIpc) is 3.60. The molecule has 2 heterocycles. The molecule has 8 heteroatoms. The van der Waals surface area contributed by atoms with Crippen molar-refractivity contribution in [3.05, 3.63) is 82.9 Å². The van der Waals surface area contributed by atoms with Crippen molar-refractivity contribution < 1.29 is 24.2 Å². The van der Waals surface area contributed by atoms with Gasteiger partial charge in [0.05, 0.1) is 25.6 Å². The zero-order valence-electron chi connectivity index (χ0n) is 23.7. The molecule has 2 aliphatic rings. The lowest BCUT2D eigenvalue weighted by Crippen LogP contribution is -2.33. The van der Waals surface area contributed by atoms with E-state index in [1.165, 1.54) is 0 Å². The zero-order chi connectivity index (χ0) is 28.9. The highest BCUT2D eigenvalue weighted by molar-refractivity contribution is 6.04. The fourth-order valence-corrected chi connectivity index (χ4v) is 5.93. The number of rotatable bonds is 10. The maximum Gasteiger partial charge on any atom is 0.326 e. The van der Waals surface area contributed by atoms with Gasteiger partial charge in [0.1, 0.15) is 5.75 Å². The number of carboxylic acid groups (broad SMARTS) is 1. The second-order valence-electron chi connectivity index (χ2n) is 10.8. The molecule has 8 nitrogen and oxygen atoms in total. The van der Waals surface area contributed by atoms with Crippen molar-refractivity contribution in [1.82, 2.24) is 0 Å². The monoisotopic (exact) mass is 555 g/mol. The normalized spacial score (nSPS) is 14.4. The lowest BCUT2D eigenvalue weighted by molar-refractivity contribution is -0.137. The number of hydrogen-bond acceptors (Lipinski definition) is 4. The van der Waals surface area contributed by atoms with Gasteiger partial charge < -0.3 is 20.1 Å². The third-order valence-electron chi connectivity index (χ3n) is 8.09. The maximum absolute atomic E-state index is 13.4. The Morgan fingerprint density at radius 2 is 1.71 bits per heavy atom. The van der Waals surface area contributed by atoms with Crippen molar-refractivity contribution in [3.63, 3.8) is 0 Å². The molecule has 2 N–H and O–H groups in total. The number of fused-ring (bicyclic) bond motifs is 2. The number of carbonyl (C=O) groups is 3. The van der Waals surface area contributed by atoms with E-state index in [9.17, 15) is 19.5 Å². The van der Waals surface area contributed by atoms with Crippen molar-refractivity contribution in [2.24, 2.45) is 0 Å². The van der Waals surface area contributed by atoms with Crippen LogP contribution < -0.4 is 19.9 Å². The molecule has 5 rings (SSSR count). The molecular weight excluding hydrogens is 518 g/mol. The van der Waals surface area contributed by atoms with Gasteiger partial charge in [0.15, 0.2) is 0 Å². The molecule has 2 aliphatic heterocycles. The molecule has 0 bridgehead atoms. The van der Waals surface area contributed by atoms with E-state index in [1.54, 1.807) is 24.1 Å². The number of hydrogen-bond donors (Lipinski definition) is 2. The van der Waals surface area contributed by atoms with Gasteiger partial charge in [-0.15, -0.1) is 0 Å². The Balaban J connectivity index is 1.26. The molecule has 0 saturated carbocycles. The van der Waals surface area contributed by atoms with Crippen LogP contribution in [0.25, 0.3) is 0 Å². The smallest absolute Gasteiger partial charge is 0.326 e. The summed E-state index contributed by atoms with van der Waals surface area (Å²) in [5.74, 6) is -0.323. The number of nitrogens with one attached hydrogen (secondary N) is 1. The first-order chi connectivity index (χ1) is 19.9. The van der Waals surface area contributed by atoms with Gasteiger partial charge in [0, 0.05) is 24.5 Å². The van der Waals surface area contributed by atoms with Crippen molar-refractivity contribution >= 4 is 35.0 Å². The van der Waals surface area contributed by atoms with Crippen molar-refractivity contribution in [3.8, 4) is 5.75 Å². The van der Waals surface area contributed by atoms with Crippen molar-refractivity contribution in [2.75, 3.05) is 35.3 Å². The van der Waals surface area contributed by atoms with Crippen LogP contribution in [0.4, 0.5) is 21.9 Å². The predicted molar refractivity (Wildman–Crippen MR) is 160 cm³/mol. The lowest BCUT2D eigenvalue weighted by Gasteiger charge is -2.21. The Labute approximate surface area is 240 Å². The first-order valence-corrected chi connectivity index (χ1v) is 14.4. The van der Waals surface area contributed by atoms with Gasteiger partial charge in [0.2, 0.25) is 5.91 Å². The Kier molecular flexibility index (Phi) is 8.57. The van der Waals surface area contributed by atoms with E-state index in [1.807, 2.05) is 47.4 Å². The number of urea groups is 1. The number of para-hydroxylation sites is 1. The van der Waals surface area contributed by atoms with Crippen LogP contribution in [-0.2, 0) is 28.9 Å². The van der Waals surface area contributed by atoms with Crippen LogP contribution in [0.15, 0.2) is 60.7 Å². The zero-order valence-corrected chi connectivity index (χ0v) is 23.7. The number of ether oxygens (including phenoxy) is 1. The Bertz CT molecular complexity index is 1450. The summed E-state index contributed by atoms with van der Waals surface area (Å²) in [6.07, 6.45) is 4.73. The molecule has 3 aromatic rings. The number of aliphatic carboxylic acids is 1. The molecular formula is C33H37N3O5. The number of carboxylic acids is 1. The highest BCUT2D eigenvalue weighted by Crippen LogP contribution is 2.35. The quantitative estimate of drug-likeness (QED) is 0.312. The Hall–Kier alpha value is -4.33. The molecule has 0 fully saturated rings. The van der Waals surface area contributed by atoms with Gasteiger partial charge in [-0.25, -0.2) is 4.79 Å². The van der Waals surface area contributed by atoms with E-state index in [2.05, 4.69) is 18.3 Å². The number of unbranched alkanes of at least 4 members (excludes halogenated alkanes) is 1. The summed E-state index contributed by atoms with van der Waals surface area (Å²) in [5, 5.41) is 12.4. The van der Waals surface area contributed by atoms with Gasteiger partial charge >= 0.3 is 12.0 Å². The minimum Gasteiger partial charge on any atom is -0.495 e. The summed E-state index contributed by atoms with van der Waals surface area (Å²) in [4.78, 5) is 41.4. The highest BCUT2D eigenvalue weighted by atomic mass is 16.5. The van der Waals surface area contributed by atoms with Gasteiger partial charge in [-0.1, -0.05) is 56.2 Å². The maximum atomic E-state index is 13.4. The Morgan fingerprint density at radius 3 is 2.49 bits per heavy atom. The minimum absolute atomic E-state index is 0.0166. The summed E-state index contributed by atoms with van der Waals surface area (Å²) in [6, 6.07) is 19.1. The molecule has 41 heavy (non-hydrogen) atoms. The van der Waals surface area contributed by atoms with Gasteiger partial charge in [-0.2, -0.15) is 0 Å². The molecule has 0 spiro atoms. The highest BCUT2D eigenvalue weighted by Gasteiger charge is 2.27. The summed E-state index contributed by atoms with van der Waals surface area (Å²) >= 11 is 0. The van der Waals surface area contributed by atoms with Crippen LogP contribution in [0, 0.1) is 0 Å². The summed E-state index contributed by atoms with van der Waals surface area (Å²) < 4.78 is 5.57. The molecule has 3 amide bonds. The molecule has 1 atom stereocenters. The third kappa shape index (κ3) is 6.21. The van der Waals surface area contributed by atoms with Gasteiger partial charge in [-0.05, 0) is 71.7 Å². The van der Waals surface area contributed by atoms with Crippen molar-refractivity contribution in [1.29, 1.82) is 0 Å². The van der Waals surface area contributed by atoms with E-state index < -0.39 is 5.97 Å². The van der Waals surface area contributed by atoms with E-state index in [4.69, 9.17) is 4.74 Å². The number of benzene rings is 3. The molecule has 3 aromatic carbocycles. The lowest BCUT2D eigenvalue weighted by atomic mass is 9.89. The fourth-order valence-electron chi connectivity index (χ4n) is 5.93. The summed E-state index contributed by atoms with van der Waals surface area (Å²) in [5.41, 5.74) is 6.43. The summed E-state index contributed by atoms with van der Waals surface area (Å²) in [6.45, 7) is 3.33. The number of anilines is 3. The van der Waals surface area contributed by atoms with E-state index >= 15 is 0 Å². The molecule has 1 unspecified atom stereocenters. The van der Waals surface area contributed by atoms with Gasteiger partial charge in [-0.3, -0.25) is 14.5 Å². The van der Waals surface area contributed by atoms with E-state index in [0.717, 1.165) is 65.7 Å². The van der Waals surface area contributed by atoms with Crippen molar-refractivity contribution in [2.45, 2.75) is 57.8 Å².